The molecule has 0 saturated carbocycles. The van der Waals surface area contributed by atoms with Crippen molar-refractivity contribution in [3.05, 3.63) is 59.7 Å². The Labute approximate surface area is 112 Å². The molecule has 0 aliphatic carbocycles. The minimum atomic E-state index is -0.388. The number of benzene rings is 2. The van der Waals surface area contributed by atoms with Gasteiger partial charge in [-0.15, -0.1) is 0 Å². The van der Waals surface area contributed by atoms with Crippen molar-refractivity contribution in [3.8, 4) is 0 Å². The summed E-state index contributed by atoms with van der Waals surface area (Å²) in [5.41, 5.74) is 8.85. The van der Waals surface area contributed by atoms with E-state index in [0.717, 1.165) is 5.69 Å². The van der Waals surface area contributed by atoms with Crippen molar-refractivity contribution in [1.82, 2.24) is 0 Å². The fourth-order valence-electron chi connectivity index (χ4n) is 1.76. The molecule has 3 N–H and O–H groups in total. The van der Waals surface area contributed by atoms with Crippen molar-refractivity contribution in [2.75, 3.05) is 18.2 Å². The van der Waals surface area contributed by atoms with E-state index in [1.807, 2.05) is 30.3 Å². The molecular weight excluding hydrogens is 240 g/mol. The molecule has 2 aromatic rings. The molecule has 0 aliphatic heterocycles. The van der Waals surface area contributed by atoms with Gasteiger partial charge in [0.25, 0.3) is 0 Å². The van der Waals surface area contributed by atoms with Crippen LogP contribution in [0.4, 0.5) is 11.4 Å². The zero-order chi connectivity index (χ0) is 13.7. The van der Waals surface area contributed by atoms with Crippen LogP contribution in [0, 0.1) is 0 Å². The van der Waals surface area contributed by atoms with Gasteiger partial charge in [-0.05, 0) is 23.8 Å². The first-order valence-electron chi connectivity index (χ1n) is 5.96. The number of methoxy groups -OCH3 is 1. The first-order chi connectivity index (χ1) is 9.20. The number of hydrogen-bond donors (Lipinski definition) is 2. The topological polar surface area (TPSA) is 64.3 Å². The van der Waals surface area contributed by atoms with Crippen molar-refractivity contribution in [3.63, 3.8) is 0 Å². The fourth-order valence-corrected chi connectivity index (χ4v) is 1.76. The Balaban J connectivity index is 2.07. The molecule has 0 heterocycles. The summed E-state index contributed by atoms with van der Waals surface area (Å²) in [7, 11) is 1.35. The van der Waals surface area contributed by atoms with E-state index in [9.17, 15) is 4.79 Å². The molecule has 0 bridgehead atoms. The lowest BCUT2D eigenvalue weighted by atomic mass is 10.1. The molecule has 0 saturated heterocycles. The van der Waals surface area contributed by atoms with Gasteiger partial charge in [0.15, 0.2) is 0 Å². The van der Waals surface area contributed by atoms with Crippen LogP contribution in [0.15, 0.2) is 48.5 Å². The summed E-state index contributed by atoms with van der Waals surface area (Å²) in [5, 5.41) is 3.24. The maximum Gasteiger partial charge on any atom is 0.337 e. The average Bonchev–Trinajstić information content (AvgIpc) is 2.46. The van der Waals surface area contributed by atoms with Crippen molar-refractivity contribution >= 4 is 17.3 Å². The normalized spacial score (nSPS) is 9.95. The van der Waals surface area contributed by atoms with Gasteiger partial charge in [-0.3, -0.25) is 0 Å². The molecule has 0 aromatic heterocycles. The summed E-state index contributed by atoms with van der Waals surface area (Å²) in [6.45, 7) is 0.683. The van der Waals surface area contributed by atoms with Gasteiger partial charge >= 0.3 is 5.97 Å². The second-order valence-corrected chi connectivity index (χ2v) is 4.13. The molecular formula is C15H16N2O2. The summed E-state index contributed by atoms with van der Waals surface area (Å²) in [4.78, 5) is 11.4. The molecule has 4 heteroatoms. The van der Waals surface area contributed by atoms with Crippen LogP contribution in [0.3, 0.4) is 0 Å². The number of esters is 1. The Morgan fingerprint density at radius 3 is 2.58 bits per heavy atom. The summed E-state index contributed by atoms with van der Waals surface area (Å²) >= 11 is 0. The van der Waals surface area contributed by atoms with Crippen LogP contribution in [0.5, 0.6) is 0 Å². The van der Waals surface area contributed by atoms with Crippen LogP contribution in [-0.2, 0) is 11.3 Å². The van der Waals surface area contributed by atoms with Gasteiger partial charge in [-0.1, -0.05) is 30.3 Å². The van der Waals surface area contributed by atoms with Crippen molar-refractivity contribution in [2.45, 2.75) is 6.54 Å². The largest absolute Gasteiger partial charge is 0.465 e. The Kier molecular flexibility index (Phi) is 4.03. The van der Waals surface area contributed by atoms with Gasteiger partial charge < -0.3 is 15.8 Å². The number of ether oxygens (including phenoxy) is 1. The first kappa shape index (κ1) is 13.0. The van der Waals surface area contributed by atoms with E-state index in [0.29, 0.717) is 17.8 Å². The molecule has 2 aromatic carbocycles. The van der Waals surface area contributed by atoms with Crippen LogP contribution in [0.2, 0.25) is 0 Å². The van der Waals surface area contributed by atoms with Crippen molar-refractivity contribution < 1.29 is 9.53 Å². The number of hydrogen-bond acceptors (Lipinski definition) is 4. The Bertz CT molecular complexity index is 568. The number of carbonyl (C=O) groups is 1. The number of carbonyl (C=O) groups excluding carboxylic acids is 1. The molecule has 2 rings (SSSR count). The predicted octanol–water partition coefficient (Wildman–Crippen LogP) is 2.67. The molecule has 0 spiro atoms. The molecule has 0 fully saturated rings. The standard InChI is InChI=1S/C15H16N2O2/c1-19-15(18)12-7-8-14(13(16)9-12)17-10-11-5-3-2-4-6-11/h2-9,17H,10,16H2,1H3. The molecule has 0 aliphatic rings. The van der Waals surface area contributed by atoms with Crippen LogP contribution in [0.1, 0.15) is 15.9 Å². The van der Waals surface area contributed by atoms with Gasteiger partial charge in [-0.2, -0.15) is 0 Å². The summed E-state index contributed by atoms with van der Waals surface area (Å²) in [5.74, 6) is -0.388. The minimum Gasteiger partial charge on any atom is -0.465 e. The molecule has 0 unspecified atom stereocenters. The molecule has 0 amide bonds. The van der Waals surface area contributed by atoms with Crippen LogP contribution in [0.25, 0.3) is 0 Å². The van der Waals surface area contributed by atoms with E-state index in [-0.39, 0.29) is 5.97 Å². The SMILES string of the molecule is COC(=O)c1ccc(NCc2ccccc2)c(N)c1. The number of nitrogens with two attached hydrogens (primary N) is 1. The number of rotatable bonds is 4. The maximum absolute atomic E-state index is 11.4. The summed E-state index contributed by atoms with van der Waals surface area (Å²) in [6, 6.07) is 15.1. The number of nitrogen functional groups attached to an aromatic ring is 1. The number of nitrogens with one attached hydrogen (secondary N) is 1. The molecule has 0 radical (unpaired) electrons. The molecule has 98 valence electrons. The highest BCUT2D eigenvalue weighted by molar-refractivity contribution is 5.91. The maximum atomic E-state index is 11.4. The van der Waals surface area contributed by atoms with Crippen LogP contribution >= 0.6 is 0 Å². The van der Waals surface area contributed by atoms with Crippen molar-refractivity contribution in [1.29, 1.82) is 0 Å². The highest BCUT2D eigenvalue weighted by Crippen LogP contribution is 2.21. The molecule has 4 nitrogen and oxygen atoms in total. The Morgan fingerprint density at radius 1 is 1.21 bits per heavy atom. The van der Waals surface area contributed by atoms with E-state index in [4.69, 9.17) is 5.73 Å². The Morgan fingerprint density at radius 2 is 1.95 bits per heavy atom. The zero-order valence-corrected chi connectivity index (χ0v) is 10.7. The van der Waals surface area contributed by atoms with Gasteiger partial charge in [0, 0.05) is 6.54 Å². The lowest BCUT2D eigenvalue weighted by Crippen LogP contribution is -2.06. The summed E-state index contributed by atoms with van der Waals surface area (Å²) < 4.78 is 4.65. The van der Waals surface area contributed by atoms with Crippen LogP contribution < -0.4 is 11.1 Å². The van der Waals surface area contributed by atoms with E-state index in [2.05, 4.69) is 10.1 Å². The van der Waals surface area contributed by atoms with E-state index < -0.39 is 0 Å². The quantitative estimate of drug-likeness (QED) is 0.652. The third-order valence-electron chi connectivity index (χ3n) is 2.80. The van der Waals surface area contributed by atoms with E-state index >= 15 is 0 Å². The number of anilines is 2. The van der Waals surface area contributed by atoms with Crippen LogP contribution in [-0.4, -0.2) is 13.1 Å². The smallest absolute Gasteiger partial charge is 0.337 e. The molecule has 0 atom stereocenters. The molecule has 19 heavy (non-hydrogen) atoms. The summed E-state index contributed by atoms with van der Waals surface area (Å²) in [6.07, 6.45) is 0. The third kappa shape index (κ3) is 3.25. The lowest BCUT2D eigenvalue weighted by Gasteiger charge is -2.10. The monoisotopic (exact) mass is 256 g/mol. The van der Waals surface area contributed by atoms with Gasteiger partial charge in [0.2, 0.25) is 0 Å². The Hall–Kier alpha value is -2.49. The van der Waals surface area contributed by atoms with Crippen molar-refractivity contribution in [2.24, 2.45) is 0 Å². The van der Waals surface area contributed by atoms with Gasteiger partial charge in [-0.25, -0.2) is 4.79 Å². The highest BCUT2D eigenvalue weighted by Gasteiger charge is 2.07. The predicted molar refractivity (Wildman–Crippen MR) is 76.0 cm³/mol. The van der Waals surface area contributed by atoms with E-state index in [1.165, 1.54) is 12.7 Å². The zero-order valence-electron chi connectivity index (χ0n) is 10.7. The highest BCUT2D eigenvalue weighted by atomic mass is 16.5. The van der Waals surface area contributed by atoms with Gasteiger partial charge in [0.05, 0.1) is 24.0 Å². The fraction of sp³-hybridized carbons (Fsp3) is 0.133. The third-order valence-corrected chi connectivity index (χ3v) is 2.80. The van der Waals surface area contributed by atoms with E-state index in [1.54, 1.807) is 18.2 Å². The average molecular weight is 256 g/mol. The lowest BCUT2D eigenvalue weighted by molar-refractivity contribution is 0.0601. The minimum absolute atomic E-state index is 0.388. The van der Waals surface area contributed by atoms with Gasteiger partial charge in [0.1, 0.15) is 0 Å². The second kappa shape index (κ2) is 5.91. The second-order valence-electron chi connectivity index (χ2n) is 4.13. The first-order valence-corrected chi connectivity index (χ1v) is 5.96.